The van der Waals surface area contributed by atoms with Gasteiger partial charge in [-0.3, -0.25) is 9.78 Å². The summed E-state index contributed by atoms with van der Waals surface area (Å²) >= 11 is 1.72. The minimum Gasteiger partial charge on any atom is -0.355 e. The molecule has 1 unspecified atom stereocenters. The molecule has 6 heteroatoms. The molecule has 2 saturated heterocycles. The van der Waals surface area contributed by atoms with Gasteiger partial charge < -0.3 is 9.80 Å². The molecule has 5 nitrogen and oxygen atoms in total. The highest BCUT2D eigenvalue weighted by Crippen LogP contribution is 2.27. The second-order valence-corrected chi connectivity index (χ2v) is 9.28. The largest absolute Gasteiger partial charge is 0.355 e. The third-order valence-corrected chi connectivity index (χ3v) is 6.94. The van der Waals surface area contributed by atoms with E-state index in [1.54, 1.807) is 11.8 Å². The fourth-order valence-corrected chi connectivity index (χ4v) is 5.10. The maximum absolute atomic E-state index is 12.9. The summed E-state index contributed by atoms with van der Waals surface area (Å²) in [5.74, 6) is 3.00. The van der Waals surface area contributed by atoms with Crippen LogP contribution in [0.25, 0.3) is 0 Å². The van der Waals surface area contributed by atoms with E-state index in [1.807, 2.05) is 18.5 Å². The fraction of sp³-hybridized carbons (Fsp3) is 0.522. The highest BCUT2D eigenvalue weighted by atomic mass is 32.2. The lowest BCUT2D eigenvalue weighted by atomic mass is 9.93. The van der Waals surface area contributed by atoms with Gasteiger partial charge >= 0.3 is 0 Å². The van der Waals surface area contributed by atoms with E-state index in [2.05, 4.69) is 46.0 Å². The number of rotatable bonds is 5. The van der Waals surface area contributed by atoms with Crippen LogP contribution in [0, 0.1) is 11.8 Å². The van der Waals surface area contributed by atoms with Crippen molar-refractivity contribution in [2.45, 2.75) is 43.4 Å². The van der Waals surface area contributed by atoms with E-state index in [0.29, 0.717) is 11.8 Å². The molecule has 1 aromatic carbocycles. The van der Waals surface area contributed by atoms with Crippen LogP contribution < -0.4 is 4.90 Å². The van der Waals surface area contributed by atoms with E-state index in [4.69, 9.17) is 4.98 Å². The average Bonchev–Trinajstić information content (AvgIpc) is 2.78. The number of aromatic nitrogens is 2. The first kappa shape index (κ1) is 20.2. The van der Waals surface area contributed by atoms with Crippen molar-refractivity contribution in [3.8, 4) is 0 Å². The van der Waals surface area contributed by atoms with Gasteiger partial charge in [-0.15, -0.1) is 11.8 Å². The Kier molecular flexibility index (Phi) is 6.70. The maximum Gasteiger partial charge on any atom is 0.225 e. The molecule has 2 fully saturated rings. The van der Waals surface area contributed by atoms with Crippen LogP contribution in [0.3, 0.4) is 0 Å². The molecule has 29 heavy (non-hydrogen) atoms. The van der Waals surface area contributed by atoms with Gasteiger partial charge in [-0.2, -0.15) is 0 Å². The minimum atomic E-state index is 0.167. The molecule has 0 saturated carbocycles. The summed E-state index contributed by atoms with van der Waals surface area (Å²) in [6, 6.07) is 10.4. The molecule has 2 aromatic rings. The second-order valence-electron chi connectivity index (χ2n) is 8.28. The number of hydrogen-bond donors (Lipinski definition) is 0. The fourth-order valence-electron chi connectivity index (χ4n) is 4.30. The molecule has 0 N–H and O–H groups in total. The molecule has 1 amide bonds. The molecule has 0 bridgehead atoms. The Morgan fingerprint density at radius 1 is 1.10 bits per heavy atom. The van der Waals surface area contributed by atoms with Gasteiger partial charge in [0, 0.05) is 37.8 Å². The van der Waals surface area contributed by atoms with Gasteiger partial charge in [-0.1, -0.05) is 37.3 Å². The Morgan fingerprint density at radius 2 is 1.90 bits per heavy atom. The van der Waals surface area contributed by atoms with Crippen LogP contribution in [-0.4, -0.2) is 47.0 Å². The highest BCUT2D eigenvalue weighted by Gasteiger charge is 2.30. The minimum absolute atomic E-state index is 0.167. The summed E-state index contributed by atoms with van der Waals surface area (Å²) in [7, 11) is 0. The van der Waals surface area contributed by atoms with E-state index < -0.39 is 0 Å². The summed E-state index contributed by atoms with van der Waals surface area (Å²) in [6.45, 7) is 5.88. The summed E-state index contributed by atoms with van der Waals surface area (Å²) in [5.41, 5.74) is 1.29. The normalized spacial score (nSPS) is 20.7. The lowest BCUT2D eigenvalue weighted by molar-refractivity contribution is -0.137. The zero-order chi connectivity index (χ0) is 20.1. The third kappa shape index (κ3) is 5.30. The smallest absolute Gasteiger partial charge is 0.225 e. The molecule has 3 heterocycles. The Hall–Kier alpha value is -2.08. The molecule has 154 valence electrons. The van der Waals surface area contributed by atoms with Gasteiger partial charge in [0.2, 0.25) is 5.91 Å². The van der Waals surface area contributed by atoms with Gasteiger partial charge in [0.05, 0.1) is 12.4 Å². The zero-order valence-corrected chi connectivity index (χ0v) is 18.0. The number of carbonyl (C=O) groups is 1. The van der Waals surface area contributed by atoms with Crippen LogP contribution in [0.15, 0.2) is 47.8 Å². The molecule has 1 aromatic heterocycles. The summed E-state index contributed by atoms with van der Waals surface area (Å²) in [6.07, 6.45) is 7.90. The molecular weight excluding hydrogens is 380 g/mol. The predicted octanol–water partition coefficient (Wildman–Crippen LogP) is 4.24. The number of amides is 1. The van der Waals surface area contributed by atoms with Gasteiger partial charge in [-0.25, -0.2) is 4.98 Å². The Balaban J connectivity index is 1.31. The van der Waals surface area contributed by atoms with Gasteiger partial charge in [0.1, 0.15) is 10.8 Å². The Labute approximate surface area is 177 Å². The monoisotopic (exact) mass is 410 g/mol. The van der Waals surface area contributed by atoms with Crippen molar-refractivity contribution in [1.82, 2.24) is 14.9 Å². The first-order valence-electron chi connectivity index (χ1n) is 10.7. The van der Waals surface area contributed by atoms with Crippen molar-refractivity contribution in [3.63, 3.8) is 0 Å². The van der Waals surface area contributed by atoms with Crippen molar-refractivity contribution in [1.29, 1.82) is 0 Å². The molecule has 2 aliphatic rings. The van der Waals surface area contributed by atoms with Gasteiger partial charge in [0.25, 0.3) is 0 Å². The zero-order valence-electron chi connectivity index (χ0n) is 17.2. The molecule has 0 radical (unpaired) electrons. The van der Waals surface area contributed by atoms with Crippen LogP contribution in [0.2, 0.25) is 0 Å². The van der Waals surface area contributed by atoms with Crippen LogP contribution in [-0.2, 0) is 10.5 Å². The number of benzene rings is 1. The second kappa shape index (κ2) is 9.61. The van der Waals surface area contributed by atoms with Crippen LogP contribution in [0.4, 0.5) is 5.82 Å². The third-order valence-electron chi connectivity index (χ3n) is 5.97. The molecular formula is C23H30N4OS. The van der Waals surface area contributed by atoms with E-state index in [-0.39, 0.29) is 5.92 Å². The number of likely N-dealkylation sites (tertiary alicyclic amines) is 1. The van der Waals surface area contributed by atoms with E-state index >= 15 is 0 Å². The quantitative estimate of drug-likeness (QED) is 0.690. The van der Waals surface area contributed by atoms with Crippen molar-refractivity contribution in [2.75, 3.05) is 31.1 Å². The van der Waals surface area contributed by atoms with Crippen molar-refractivity contribution < 1.29 is 4.79 Å². The maximum atomic E-state index is 12.9. The summed E-state index contributed by atoms with van der Waals surface area (Å²) < 4.78 is 0. The Morgan fingerprint density at radius 3 is 2.66 bits per heavy atom. The summed E-state index contributed by atoms with van der Waals surface area (Å²) in [4.78, 5) is 26.5. The first-order chi connectivity index (χ1) is 14.2. The SMILES string of the molecule is CC1CCCN(C(=O)C2CCN(c3cncc(SCc4ccccc4)n3)CC2)C1. The number of anilines is 1. The van der Waals surface area contributed by atoms with E-state index in [9.17, 15) is 4.79 Å². The Bertz CT molecular complexity index is 808. The first-order valence-corrected chi connectivity index (χ1v) is 11.7. The van der Waals surface area contributed by atoms with E-state index in [0.717, 1.165) is 62.0 Å². The molecule has 0 aliphatic carbocycles. The van der Waals surface area contributed by atoms with Crippen molar-refractivity contribution in [3.05, 3.63) is 48.3 Å². The molecule has 2 aliphatic heterocycles. The number of thioether (sulfide) groups is 1. The highest BCUT2D eigenvalue weighted by molar-refractivity contribution is 7.98. The molecule has 0 spiro atoms. The van der Waals surface area contributed by atoms with E-state index in [1.165, 1.54) is 12.0 Å². The predicted molar refractivity (Wildman–Crippen MR) is 118 cm³/mol. The van der Waals surface area contributed by atoms with Gasteiger partial charge in [0.15, 0.2) is 0 Å². The standard InChI is InChI=1S/C23H30N4OS/c1-18-6-5-11-27(16-18)23(28)20-9-12-26(13-10-20)21-14-24-15-22(25-21)29-17-19-7-3-2-4-8-19/h2-4,7-8,14-15,18,20H,5-6,9-13,16-17H2,1H3. The molecule has 1 atom stereocenters. The number of carbonyl (C=O) groups excluding carboxylic acids is 1. The average molecular weight is 411 g/mol. The molecule has 4 rings (SSSR count). The topological polar surface area (TPSA) is 49.3 Å². The van der Waals surface area contributed by atoms with Crippen LogP contribution >= 0.6 is 11.8 Å². The van der Waals surface area contributed by atoms with Crippen LogP contribution in [0.1, 0.15) is 38.2 Å². The number of hydrogen-bond acceptors (Lipinski definition) is 5. The summed E-state index contributed by atoms with van der Waals surface area (Å²) in [5, 5.41) is 0.951. The lowest BCUT2D eigenvalue weighted by Crippen LogP contribution is -2.46. The lowest BCUT2D eigenvalue weighted by Gasteiger charge is -2.37. The van der Waals surface area contributed by atoms with Crippen molar-refractivity contribution in [2.24, 2.45) is 11.8 Å². The number of nitrogens with zero attached hydrogens (tertiary/aromatic N) is 4. The number of piperidine rings is 2. The van der Waals surface area contributed by atoms with Crippen molar-refractivity contribution >= 4 is 23.5 Å². The van der Waals surface area contributed by atoms with Crippen LogP contribution in [0.5, 0.6) is 0 Å². The van der Waals surface area contributed by atoms with Gasteiger partial charge in [-0.05, 0) is 37.2 Å².